The predicted octanol–water partition coefficient (Wildman–Crippen LogP) is 3.24. The van der Waals surface area contributed by atoms with Gasteiger partial charge in [-0.05, 0) is 48.9 Å². The van der Waals surface area contributed by atoms with E-state index in [0.717, 1.165) is 5.56 Å². The summed E-state index contributed by atoms with van der Waals surface area (Å²) < 4.78 is 5.37. The fraction of sp³-hybridized carbons (Fsp3) is 0.176. The first kappa shape index (κ1) is 16.0. The molecule has 0 atom stereocenters. The number of Topliss-reactive ketones (excluding diaryl/α,β-unsaturated/α-hetero) is 1. The van der Waals surface area contributed by atoms with Gasteiger partial charge < -0.3 is 10.1 Å². The average Bonchev–Trinajstić information content (AvgIpc) is 2.52. The summed E-state index contributed by atoms with van der Waals surface area (Å²) in [6, 6.07) is 13.9. The van der Waals surface area contributed by atoms with E-state index in [1.165, 1.54) is 6.92 Å². The summed E-state index contributed by atoms with van der Waals surface area (Å²) in [4.78, 5) is 22.9. The van der Waals surface area contributed by atoms with Crippen LogP contribution in [-0.4, -0.2) is 18.3 Å². The van der Waals surface area contributed by atoms with E-state index >= 15 is 0 Å². The zero-order chi connectivity index (χ0) is 15.9. The lowest BCUT2D eigenvalue weighted by Gasteiger charge is -2.08. The molecule has 5 heteroatoms. The molecule has 0 saturated carbocycles. The lowest BCUT2D eigenvalue weighted by Crippen LogP contribution is -2.28. The molecule has 2 aromatic carbocycles. The van der Waals surface area contributed by atoms with E-state index in [2.05, 4.69) is 5.32 Å². The standard InChI is InChI=1S/C17H16ClNO3/c1-12(20)14-4-8-16(9-5-14)22-11-17(21)19-10-13-2-6-15(18)7-3-13/h2-9H,10-11H2,1H3,(H,19,21). The van der Waals surface area contributed by atoms with Crippen molar-refractivity contribution >= 4 is 23.3 Å². The van der Waals surface area contributed by atoms with Crippen molar-refractivity contribution in [1.29, 1.82) is 0 Å². The van der Waals surface area contributed by atoms with Gasteiger partial charge in [0.1, 0.15) is 5.75 Å². The Morgan fingerprint density at radius 3 is 2.27 bits per heavy atom. The van der Waals surface area contributed by atoms with E-state index in [9.17, 15) is 9.59 Å². The lowest BCUT2D eigenvalue weighted by molar-refractivity contribution is -0.123. The normalized spacial score (nSPS) is 10.1. The molecule has 0 fully saturated rings. The van der Waals surface area contributed by atoms with E-state index in [0.29, 0.717) is 22.9 Å². The number of ether oxygens (including phenoxy) is 1. The molecule has 1 amide bonds. The van der Waals surface area contributed by atoms with Gasteiger partial charge in [-0.15, -0.1) is 0 Å². The largest absolute Gasteiger partial charge is 0.484 e. The van der Waals surface area contributed by atoms with E-state index in [1.54, 1.807) is 36.4 Å². The molecule has 0 radical (unpaired) electrons. The monoisotopic (exact) mass is 317 g/mol. The second-order valence-electron chi connectivity index (χ2n) is 4.77. The number of halogens is 1. The van der Waals surface area contributed by atoms with Crippen LogP contribution in [0.5, 0.6) is 5.75 Å². The van der Waals surface area contributed by atoms with Gasteiger partial charge in [0.15, 0.2) is 12.4 Å². The summed E-state index contributed by atoms with van der Waals surface area (Å²) >= 11 is 5.79. The minimum absolute atomic E-state index is 0.00717. The number of ketones is 1. The van der Waals surface area contributed by atoms with Crippen molar-refractivity contribution < 1.29 is 14.3 Å². The quantitative estimate of drug-likeness (QED) is 0.832. The number of hydrogen-bond donors (Lipinski definition) is 1. The van der Waals surface area contributed by atoms with Crippen molar-refractivity contribution in [2.45, 2.75) is 13.5 Å². The molecule has 0 aromatic heterocycles. The maximum Gasteiger partial charge on any atom is 0.258 e. The summed E-state index contributed by atoms with van der Waals surface area (Å²) in [5.74, 6) is 0.324. The van der Waals surface area contributed by atoms with Crippen molar-refractivity contribution in [1.82, 2.24) is 5.32 Å². The van der Waals surface area contributed by atoms with E-state index in [4.69, 9.17) is 16.3 Å². The van der Waals surface area contributed by atoms with Crippen LogP contribution in [0.2, 0.25) is 5.02 Å². The molecule has 0 spiro atoms. The highest BCUT2D eigenvalue weighted by Crippen LogP contribution is 2.12. The SMILES string of the molecule is CC(=O)c1ccc(OCC(=O)NCc2ccc(Cl)cc2)cc1. The summed E-state index contributed by atoms with van der Waals surface area (Å²) in [6.45, 7) is 1.84. The number of amides is 1. The van der Waals surface area contributed by atoms with Crippen LogP contribution in [0.4, 0.5) is 0 Å². The number of rotatable bonds is 6. The molecule has 0 aliphatic carbocycles. The van der Waals surface area contributed by atoms with Crippen LogP contribution in [0, 0.1) is 0 Å². The van der Waals surface area contributed by atoms with E-state index in [1.807, 2.05) is 12.1 Å². The first-order valence-electron chi connectivity index (χ1n) is 6.79. The van der Waals surface area contributed by atoms with Gasteiger partial charge in [-0.3, -0.25) is 9.59 Å². The van der Waals surface area contributed by atoms with E-state index < -0.39 is 0 Å². The zero-order valence-corrected chi connectivity index (χ0v) is 12.9. The minimum Gasteiger partial charge on any atom is -0.484 e. The average molecular weight is 318 g/mol. The van der Waals surface area contributed by atoms with Crippen LogP contribution < -0.4 is 10.1 Å². The lowest BCUT2D eigenvalue weighted by atomic mass is 10.1. The Kier molecular flexibility index (Phi) is 5.55. The highest BCUT2D eigenvalue weighted by Gasteiger charge is 2.04. The molecular formula is C17H16ClNO3. The fourth-order valence-electron chi connectivity index (χ4n) is 1.79. The van der Waals surface area contributed by atoms with Crippen molar-refractivity contribution in [2.24, 2.45) is 0 Å². The Hall–Kier alpha value is -2.33. The van der Waals surface area contributed by atoms with Gasteiger partial charge in [-0.25, -0.2) is 0 Å². The number of benzene rings is 2. The summed E-state index contributed by atoms with van der Waals surface area (Å²) in [5, 5.41) is 3.42. The second-order valence-corrected chi connectivity index (χ2v) is 5.21. The van der Waals surface area contributed by atoms with Crippen molar-refractivity contribution in [3.63, 3.8) is 0 Å². The highest BCUT2D eigenvalue weighted by molar-refractivity contribution is 6.30. The van der Waals surface area contributed by atoms with E-state index in [-0.39, 0.29) is 18.3 Å². The Morgan fingerprint density at radius 2 is 1.68 bits per heavy atom. The molecule has 22 heavy (non-hydrogen) atoms. The highest BCUT2D eigenvalue weighted by atomic mass is 35.5. The third-order valence-corrected chi connectivity index (χ3v) is 3.29. The molecule has 1 N–H and O–H groups in total. The Labute approximate surface area is 134 Å². The van der Waals surface area contributed by atoms with Crippen LogP contribution in [0.3, 0.4) is 0 Å². The fourth-order valence-corrected chi connectivity index (χ4v) is 1.91. The van der Waals surface area contributed by atoms with Crippen LogP contribution in [0.15, 0.2) is 48.5 Å². The van der Waals surface area contributed by atoms with Crippen LogP contribution in [0.25, 0.3) is 0 Å². The van der Waals surface area contributed by atoms with Gasteiger partial charge in [-0.1, -0.05) is 23.7 Å². The molecule has 0 heterocycles. The molecule has 0 aliphatic rings. The topological polar surface area (TPSA) is 55.4 Å². The molecule has 0 bridgehead atoms. The first-order chi connectivity index (χ1) is 10.5. The number of carbonyl (C=O) groups excluding carboxylic acids is 2. The molecular weight excluding hydrogens is 302 g/mol. The van der Waals surface area contributed by atoms with Crippen LogP contribution >= 0.6 is 11.6 Å². The van der Waals surface area contributed by atoms with Gasteiger partial charge in [-0.2, -0.15) is 0 Å². The van der Waals surface area contributed by atoms with Crippen LogP contribution in [-0.2, 0) is 11.3 Å². The zero-order valence-electron chi connectivity index (χ0n) is 12.1. The third-order valence-electron chi connectivity index (χ3n) is 3.03. The van der Waals surface area contributed by atoms with Crippen molar-refractivity contribution in [3.8, 4) is 5.75 Å². The smallest absolute Gasteiger partial charge is 0.258 e. The van der Waals surface area contributed by atoms with Crippen molar-refractivity contribution in [3.05, 3.63) is 64.7 Å². The molecule has 4 nitrogen and oxygen atoms in total. The first-order valence-corrected chi connectivity index (χ1v) is 7.17. The predicted molar refractivity (Wildman–Crippen MR) is 85.2 cm³/mol. The number of carbonyl (C=O) groups is 2. The Balaban J connectivity index is 1.77. The Bertz CT molecular complexity index is 651. The molecule has 2 aromatic rings. The third kappa shape index (κ3) is 4.90. The van der Waals surface area contributed by atoms with Gasteiger partial charge in [0.2, 0.25) is 0 Å². The molecule has 2 rings (SSSR count). The van der Waals surface area contributed by atoms with Gasteiger partial charge in [0.05, 0.1) is 0 Å². The number of hydrogen-bond acceptors (Lipinski definition) is 3. The van der Waals surface area contributed by atoms with Crippen molar-refractivity contribution in [2.75, 3.05) is 6.61 Å². The number of nitrogens with one attached hydrogen (secondary N) is 1. The molecule has 114 valence electrons. The minimum atomic E-state index is -0.217. The molecule has 0 unspecified atom stereocenters. The second kappa shape index (κ2) is 7.61. The van der Waals surface area contributed by atoms with Gasteiger partial charge >= 0.3 is 0 Å². The molecule has 0 aliphatic heterocycles. The molecule has 0 saturated heterocycles. The van der Waals surface area contributed by atoms with Gasteiger partial charge in [0.25, 0.3) is 5.91 Å². The summed E-state index contributed by atoms with van der Waals surface area (Å²) in [6.07, 6.45) is 0. The maximum absolute atomic E-state index is 11.7. The summed E-state index contributed by atoms with van der Waals surface area (Å²) in [5.41, 5.74) is 1.57. The van der Waals surface area contributed by atoms with Crippen LogP contribution in [0.1, 0.15) is 22.8 Å². The van der Waals surface area contributed by atoms with Gasteiger partial charge in [0, 0.05) is 17.1 Å². The maximum atomic E-state index is 11.7. The Morgan fingerprint density at radius 1 is 1.05 bits per heavy atom. The summed E-state index contributed by atoms with van der Waals surface area (Å²) in [7, 11) is 0.